The number of esters is 1. The summed E-state index contributed by atoms with van der Waals surface area (Å²) in [6.07, 6.45) is 2.97. The molecule has 0 spiro atoms. The molecule has 0 fully saturated rings. The summed E-state index contributed by atoms with van der Waals surface area (Å²) in [5, 5.41) is 3.17. The summed E-state index contributed by atoms with van der Waals surface area (Å²) in [6, 6.07) is 8.13. The van der Waals surface area contributed by atoms with Gasteiger partial charge in [-0.3, -0.25) is 0 Å². The Morgan fingerprint density at radius 2 is 2.15 bits per heavy atom. The van der Waals surface area contributed by atoms with E-state index >= 15 is 0 Å². The van der Waals surface area contributed by atoms with E-state index in [9.17, 15) is 4.79 Å². The third-order valence-corrected chi connectivity index (χ3v) is 5.42. The molecule has 0 amide bonds. The van der Waals surface area contributed by atoms with E-state index in [1.165, 1.54) is 6.20 Å². The Labute approximate surface area is 157 Å². The lowest BCUT2D eigenvalue weighted by Gasteiger charge is -2.28. The molecule has 0 saturated carbocycles. The van der Waals surface area contributed by atoms with Gasteiger partial charge in [0.1, 0.15) is 5.84 Å². The molecule has 5 nitrogen and oxygen atoms in total. The van der Waals surface area contributed by atoms with Gasteiger partial charge in [-0.1, -0.05) is 31.5 Å². The Bertz CT molecular complexity index is 924. The molecule has 0 bridgehead atoms. The summed E-state index contributed by atoms with van der Waals surface area (Å²) in [6.45, 7) is 4.15. The molecular weight excluding hydrogens is 346 g/mol. The second-order valence-electron chi connectivity index (χ2n) is 6.07. The van der Waals surface area contributed by atoms with E-state index in [0.29, 0.717) is 35.7 Å². The highest BCUT2D eigenvalue weighted by Gasteiger charge is 2.36. The molecule has 0 saturated heterocycles. The highest BCUT2D eigenvalue weighted by Crippen LogP contribution is 2.42. The lowest BCUT2D eigenvalue weighted by atomic mass is 9.80. The molecule has 2 aromatic rings. The standard InChI is InChI=1S/C20H23N3O2S/c1-3-6-15-17(20(24)25-4-2)16(14(11-21)19(22)23-15)13-8-5-7-12-9-10-26-18(12)13/h5,7-11,16H,3-4,6,21H2,1-2H3,(H2,22,23)/b14-11-. The predicted octanol–water partition coefficient (Wildman–Crippen LogP) is 3.82. The normalized spacial score (nSPS) is 19.1. The van der Waals surface area contributed by atoms with Gasteiger partial charge in [0, 0.05) is 22.4 Å². The van der Waals surface area contributed by atoms with Crippen LogP contribution in [0.4, 0.5) is 0 Å². The second kappa shape index (κ2) is 7.74. The van der Waals surface area contributed by atoms with Gasteiger partial charge in [-0.15, -0.1) is 11.3 Å². The van der Waals surface area contributed by atoms with Gasteiger partial charge in [-0.2, -0.15) is 0 Å². The van der Waals surface area contributed by atoms with Crippen molar-refractivity contribution < 1.29 is 9.53 Å². The number of fused-ring (bicyclic) bond motifs is 1. The van der Waals surface area contributed by atoms with Crippen LogP contribution in [0, 0.1) is 0 Å². The fourth-order valence-corrected chi connectivity index (χ4v) is 4.31. The van der Waals surface area contributed by atoms with Crippen LogP contribution in [-0.4, -0.2) is 18.4 Å². The number of carbonyl (C=O) groups is 1. The first kappa shape index (κ1) is 18.2. The van der Waals surface area contributed by atoms with Gasteiger partial charge in [0.15, 0.2) is 0 Å². The number of amidine groups is 1. The van der Waals surface area contributed by atoms with Gasteiger partial charge < -0.3 is 16.2 Å². The number of benzene rings is 1. The van der Waals surface area contributed by atoms with Crippen LogP contribution in [0.15, 0.2) is 57.7 Å². The summed E-state index contributed by atoms with van der Waals surface area (Å²) in [5.41, 5.74) is 15.0. The van der Waals surface area contributed by atoms with Crippen LogP contribution in [0.2, 0.25) is 0 Å². The van der Waals surface area contributed by atoms with Crippen molar-refractivity contribution in [2.45, 2.75) is 32.6 Å². The SMILES string of the molecule is CCCC1=C(C(=O)OCC)C(c2cccc3ccsc23)/C(=C/N)C(N)=N1. The molecule has 1 unspecified atom stereocenters. The molecule has 0 aliphatic carbocycles. The van der Waals surface area contributed by atoms with Crippen molar-refractivity contribution >= 4 is 33.2 Å². The molecule has 26 heavy (non-hydrogen) atoms. The van der Waals surface area contributed by atoms with Gasteiger partial charge in [0.25, 0.3) is 0 Å². The van der Waals surface area contributed by atoms with Crippen molar-refractivity contribution in [2.24, 2.45) is 16.5 Å². The Morgan fingerprint density at radius 1 is 1.35 bits per heavy atom. The molecule has 1 aromatic carbocycles. The fraction of sp³-hybridized carbons (Fsp3) is 0.300. The van der Waals surface area contributed by atoms with E-state index in [1.54, 1.807) is 18.3 Å². The zero-order valence-electron chi connectivity index (χ0n) is 15.0. The van der Waals surface area contributed by atoms with Crippen molar-refractivity contribution in [2.75, 3.05) is 6.61 Å². The molecule has 136 valence electrons. The highest BCUT2D eigenvalue weighted by atomic mass is 32.1. The number of nitrogens with zero attached hydrogens (tertiary/aromatic N) is 1. The zero-order chi connectivity index (χ0) is 18.7. The monoisotopic (exact) mass is 369 g/mol. The summed E-state index contributed by atoms with van der Waals surface area (Å²) in [5.74, 6) is -0.367. The molecule has 1 aromatic heterocycles. The Hall–Kier alpha value is -2.60. The highest BCUT2D eigenvalue weighted by molar-refractivity contribution is 7.17. The maximum Gasteiger partial charge on any atom is 0.336 e. The van der Waals surface area contributed by atoms with Crippen LogP contribution < -0.4 is 11.5 Å². The largest absolute Gasteiger partial charge is 0.463 e. The van der Waals surface area contributed by atoms with Crippen LogP contribution in [0.5, 0.6) is 0 Å². The number of aliphatic imine (C=N–C) groups is 1. The third-order valence-electron chi connectivity index (χ3n) is 4.44. The van der Waals surface area contributed by atoms with Crippen molar-refractivity contribution in [1.29, 1.82) is 0 Å². The van der Waals surface area contributed by atoms with E-state index in [2.05, 4.69) is 17.1 Å². The smallest absolute Gasteiger partial charge is 0.336 e. The van der Waals surface area contributed by atoms with Crippen molar-refractivity contribution in [3.05, 3.63) is 58.3 Å². The van der Waals surface area contributed by atoms with Crippen LogP contribution in [0.3, 0.4) is 0 Å². The molecule has 0 radical (unpaired) electrons. The predicted molar refractivity (Wildman–Crippen MR) is 107 cm³/mol. The first-order valence-electron chi connectivity index (χ1n) is 8.74. The van der Waals surface area contributed by atoms with Crippen molar-refractivity contribution in [3.8, 4) is 0 Å². The number of ether oxygens (including phenoxy) is 1. The van der Waals surface area contributed by atoms with E-state index in [-0.39, 0.29) is 11.9 Å². The average Bonchev–Trinajstić information content (AvgIpc) is 3.10. The Morgan fingerprint density at radius 3 is 2.85 bits per heavy atom. The second-order valence-corrected chi connectivity index (χ2v) is 6.99. The molecule has 1 aliphatic rings. The molecule has 3 rings (SSSR count). The van der Waals surface area contributed by atoms with Crippen LogP contribution in [-0.2, 0) is 9.53 Å². The lowest BCUT2D eigenvalue weighted by molar-refractivity contribution is -0.138. The summed E-state index contributed by atoms with van der Waals surface area (Å²) in [7, 11) is 0. The zero-order valence-corrected chi connectivity index (χ0v) is 15.8. The molecule has 2 heterocycles. The van der Waals surface area contributed by atoms with E-state index in [1.807, 2.05) is 24.4 Å². The topological polar surface area (TPSA) is 90.7 Å². The maximum absolute atomic E-state index is 12.9. The third kappa shape index (κ3) is 3.12. The summed E-state index contributed by atoms with van der Waals surface area (Å²) < 4.78 is 6.47. The quantitative estimate of drug-likeness (QED) is 0.784. The van der Waals surface area contributed by atoms with Gasteiger partial charge >= 0.3 is 5.97 Å². The molecular formula is C20H23N3O2S. The van der Waals surface area contributed by atoms with Crippen molar-refractivity contribution in [1.82, 2.24) is 0 Å². The lowest BCUT2D eigenvalue weighted by Crippen LogP contribution is -2.30. The van der Waals surface area contributed by atoms with E-state index < -0.39 is 0 Å². The Balaban J connectivity index is 2.28. The minimum Gasteiger partial charge on any atom is -0.463 e. The van der Waals surface area contributed by atoms with Crippen LogP contribution in [0.25, 0.3) is 10.1 Å². The molecule has 1 atom stereocenters. The van der Waals surface area contributed by atoms with E-state index in [4.69, 9.17) is 16.2 Å². The summed E-state index contributed by atoms with van der Waals surface area (Å²) in [4.78, 5) is 17.3. The number of nitrogens with two attached hydrogens (primary N) is 2. The number of hydrogen-bond donors (Lipinski definition) is 2. The Kier molecular flexibility index (Phi) is 5.42. The average molecular weight is 369 g/mol. The number of thiophene rings is 1. The van der Waals surface area contributed by atoms with Gasteiger partial charge in [0.05, 0.1) is 17.9 Å². The van der Waals surface area contributed by atoms with Gasteiger partial charge in [0.2, 0.25) is 0 Å². The number of hydrogen-bond acceptors (Lipinski definition) is 6. The number of allylic oxidation sites excluding steroid dienone is 1. The van der Waals surface area contributed by atoms with Crippen molar-refractivity contribution in [3.63, 3.8) is 0 Å². The number of rotatable bonds is 5. The minimum atomic E-state index is -0.375. The first-order valence-corrected chi connectivity index (χ1v) is 9.62. The van der Waals surface area contributed by atoms with E-state index in [0.717, 1.165) is 22.1 Å². The molecule has 1 aliphatic heterocycles. The number of carbonyl (C=O) groups excluding carboxylic acids is 1. The molecule has 4 N–H and O–H groups in total. The minimum absolute atomic E-state index is 0.304. The first-order chi connectivity index (χ1) is 12.6. The van der Waals surface area contributed by atoms with Gasteiger partial charge in [-0.25, -0.2) is 9.79 Å². The van der Waals surface area contributed by atoms with Gasteiger partial charge in [-0.05, 0) is 35.7 Å². The van der Waals surface area contributed by atoms with Crippen LogP contribution >= 0.6 is 11.3 Å². The maximum atomic E-state index is 12.9. The van der Waals surface area contributed by atoms with Crippen LogP contribution in [0.1, 0.15) is 38.2 Å². The summed E-state index contributed by atoms with van der Waals surface area (Å²) >= 11 is 1.64. The fourth-order valence-electron chi connectivity index (χ4n) is 3.36. The molecule has 6 heteroatoms.